The van der Waals surface area contributed by atoms with Crippen LogP contribution in [0.4, 0.5) is 4.39 Å². The Labute approximate surface area is 128 Å². The molecule has 112 valence electrons. The lowest BCUT2D eigenvalue weighted by Crippen LogP contribution is -2.32. The molecule has 0 saturated carbocycles. The van der Waals surface area contributed by atoms with Crippen LogP contribution in [0.5, 0.6) is 5.75 Å². The smallest absolute Gasteiger partial charge is 0.165 e. The van der Waals surface area contributed by atoms with Crippen LogP contribution in [0.25, 0.3) is 0 Å². The Balaban J connectivity index is 1.76. The van der Waals surface area contributed by atoms with Gasteiger partial charge in [-0.25, -0.2) is 4.39 Å². The first kappa shape index (κ1) is 15.7. The molecule has 1 aromatic carbocycles. The monoisotopic (exact) mass is 345 g/mol. The van der Waals surface area contributed by atoms with E-state index >= 15 is 0 Å². The molecule has 1 aliphatic rings. The highest BCUT2D eigenvalue weighted by Gasteiger charge is 2.25. The minimum Gasteiger partial charge on any atom is -0.488 e. The van der Waals surface area contributed by atoms with Crippen LogP contribution in [-0.2, 0) is 4.74 Å². The van der Waals surface area contributed by atoms with Crippen molar-refractivity contribution in [3.05, 3.63) is 28.5 Å². The van der Waals surface area contributed by atoms with Gasteiger partial charge in [-0.15, -0.1) is 0 Å². The van der Waals surface area contributed by atoms with Gasteiger partial charge in [-0.2, -0.15) is 0 Å². The number of benzene rings is 1. The van der Waals surface area contributed by atoms with E-state index in [4.69, 9.17) is 9.47 Å². The van der Waals surface area contributed by atoms with Gasteiger partial charge in [-0.05, 0) is 31.0 Å². The van der Waals surface area contributed by atoms with Crippen molar-refractivity contribution < 1.29 is 13.9 Å². The van der Waals surface area contributed by atoms with Crippen molar-refractivity contribution in [2.75, 3.05) is 13.2 Å². The average molecular weight is 346 g/mol. The molecule has 0 spiro atoms. The van der Waals surface area contributed by atoms with E-state index in [1.807, 2.05) is 0 Å². The molecule has 3 nitrogen and oxygen atoms in total. The summed E-state index contributed by atoms with van der Waals surface area (Å²) in [6.45, 7) is 5.49. The molecule has 2 atom stereocenters. The predicted octanol–water partition coefficient (Wildman–Crippen LogP) is 3.51. The number of hydrogen-bond acceptors (Lipinski definition) is 3. The summed E-state index contributed by atoms with van der Waals surface area (Å²) in [6.07, 6.45) is 2.26. The van der Waals surface area contributed by atoms with Gasteiger partial charge in [0.1, 0.15) is 6.61 Å². The van der Waals surface area contributed by atoms with Crippen LogP contribution in [0.2, 0.25) is 0 Å². The summed E-state index contributed by atoms with van der Waals surface area (Å²) in [6, 6.07) is 5.15. The summed E-state index contributed by atoms with van der Waals surface area (Å²) in [5.41, 5.74) is 0. The lowest BCUT2D eigenvalue weighted by molar-refractivity contribution is 0.0171. The largest absolute Gasteiger partial charge is 0.488 e. The van der Waals surface area contributed by atoms with Gasteiger partial charge in [0.15, 0.2) is 11.6 Å². The Hall–Kier alpha value is -0.650. The zero-order chi connectivity index (χ0) is 14.5. The van der Waals surface area contributed by atoms with E-state index in [0.29, 0.717) is 12.6 Å². The molecule has 1 N–H and O–H groups in total. The highest BCUT2D eigenvalue weighted by Crippen LogP contribution is 2.24. The zero-order valence-electron chi connectivity index (χ0n) is 11.9. The third-order valence-electron chi connectivity index (χ3n) is 3.27. The highest BCUT2D eigenvalue weighted by molar-refractivity contribution is 9.10. The Kier molecular flexibility index (Phi) is 5.81. The second-order valence-electron chi connectivity index (χ2n) is 5.41. The van der Waals surface area contributed by atoms with Crippen molar-refractivity contribution in [1.29, 1.82) is 0 Å². The highest BCUT2D eigenvalue weighted by atomic mass is 79.9. The van der Waals surface area contributed by atoms with Crippen molar-refractivity contribution in [3.63, 3.8) is 0 Å². The summed E-state index contributed by atoms with van der Waals surface area (Å²) in [4.78, 5) is 0. The SMILES string of the molecule is CC(C)NCC1CCC(COc2cc(Br)ccc2F)O1. The molecule has 1 aromatic rings. The fourth-order valence-corrected chi connectivity index (χ4v) is 2.53. The summed E-state index contributed by atoms with van der Waals surface area (Å²) in [5.74, 6) is -0.0732. The normalized spacial score (nSPS) is 22.4. The lowest BCUT2D eigenvalue weighted by atomic mass is 10.2. The maximum Gasteiger partial charge on any atom is 0.165 e. The summed E-state index contributed by atoms with van der Waals surface area (Å²) >= 11 is 3.31. The third kappa shape index (κ3) is 4.72. The Bertz CT molecular complexity index is 442. The first-order valence-electron chi connectivity index (χ1n) is 7.01. The molecule has 1 aliphatic heterocycles. The second-order valence-corrected chi connectivity index (χ2v) is 6.32. The van der Waals surface area contributed by atoms with E-state index in [0.717, 1.165) is 23.9 Å². The summed E-state index contributed by atoms with van der Waals surface area (Å²) in [7, 11) is 0. The molecule has 2 rings (SSSR count). The number of ether oxygens (including phenoxy) is 2. The lowest BCUT2D eigenvalue weighted by Gasteiger charge is -2.16. The van der Waals surface area contributed by atoms with Gasteiger partial charge in [-0.3, -0.25) is 0 Å². The maximum absolute atomic E-state index is 13.5. The van der Waals surface area contributed by atoms with Gasteiger partial charge >= 0.3 is 0 Å². The molecular formula is C15H21BrFNO2. The predicted molar refractivity (Wildman–Crippen MR) is 80.6 cm³/mol. The summed E-state index contributed by atoms with van der Waals surface area (Å²) < 4.78 is 25.7. The molecule has 1 saturated heterocycles. The number of hydrogen-bond donors (Lipinski definition) is 1. The van der Waals surface area contributed by atoms with Crippen molar-refractivity contribution in [2.45, 2.75) is 44.9 Å². The van der Waals surface area contributed by atoms with Gasteiger partial charge in [-0.1, -0.05) is 29.8 Å². The van der Waals surface area contributed by atoms with E-state index in [-0.39, 0.29) is 23.8 Å². The van der Waals surface area contributed by atoms with Gasteiger partial charge in [0, 0.05) is 17.1 Å². The molecule has 2 unspecified atom stereocenters. The number of rotatable bonds is 6. The Morgan fingerprint density at radius 2 is 2.15 bits per heavy atom. The van der Waals surface area contributed by atoms with Crippen LogP contribution in [0.15, 0.2) is 22.7 Å². The molecule has 1 fully saturated rings. The second kappa shape index (κ2) is 7.38. The Morgan fingerprint density at radius 3 is 2.90 bits per heavy atom. The first-order valence-corrected chi connectivity index (χ1v) is 7.80. The van der Waals surface area contributed by atoms with Crippen molar-refractivity contribution >= 4 is 15.9 Å². The molecule has 0 radical (unpaired) electrons. The van der Waals surface area contributed by atoms with Gasteiger partial charge < -0.3 is 14.8 Å². The van der Waals surface area contributed by atoms with Crippen molar-refractivity contribution in [1.82, 2.24) is 5.32 Å². The van der Waals surface area contributed by atoms with Crippen molar-refractivity contribution in [3.8, 4) is 5.75 Å². The molecular weight excluding hydrogens is 325 g/mol. The molecule has 0 amide bonds. The Morgan fingerprint density at radius 1 is 1.40 bits per heavy atom. The van der Waals surface area contributed by atoms with Gasteiger partial charge in [0.2, 0.25) is 0 Å². The van der Waals surface area contributed by atoms with Crippen LogP contribution >= 0.6 is 15.9 Å². The molecule has 20 heavy (non-hydrogen) atoms. The van der Waals surface area contributed by atoms with Crippen LogP contribution in [0.1, 0.15) is 26.7 Å². The van der Waals surface area contributed by atoms with Crippen LogP contribution < -0.4 is 10.1 Å². The van der Waals surface area contributed by atoms with Crippen molar-refractivity contribution in [2.24, 2.45) is 0 Å². The minimum atomic E-state index is -0.343. The molecule has 5 heteroatoms. The molecule has 0 aromatic heterocycles. The number of nitrogens with one attached hydrogen (secondary N) is 1. The average Bonchev–Trinajstić information content (AvgIpc) is 2.85. The van der Waals surface area contributed by atoms with E-state index < -0.39 is 0 Å². The van der Waals surface area contributed by atoms with E-state index in [1.54, 1.807) is 12.1 Å². The fourth-order valence-electron chi connectivity index (χ4n) is 2.19. The molecule has 1 heterocycles. The van der Waals surface area contributed by atoms with Crippen LogP contribution in [0.3, 0.4) is 0 Å². The van der Waals surface area contributed by atoms with E-state index in [2.05, 4.69) is 35.1 Å². The topological polar surface area (TPSA) is 30.5 Å². The fraction of sp³-hybridized carbons (Fsp3) is 0.600. The number of halogens is 2. The van der Waals surface area contributed by atoms with E-state index in [9.17, 15) is 4.39 Å². The summed E-state index contributed by atoms with van der Waals surface area (Å²) in [5, 5.41) is 3.37. The van der Waals surface area contributed by atoms with Crippen LogP contribution in [0, 0.1) is 5.82 Å². The molecule has 0 aliphatic carbocycles. The maximum atomic E-state index is 13.5. The van der Waals surface area contributed by atoms with E-state index in [1.165, 1.54) is 6.07 Å². The zero-order valence-corrected chi connectivity index (χ0v) is 13.5. The third-order valence-corrected chi connectivity index (χ3v) is 3.76. The first-order chi connectivity index (χ1) is 9.54. The standard InChI is InChI=1S/C15H21BrFNO2/c1-10(2)18-8-12-4-5-13(20-12)9-19-15-7-11(16)3-6-14(15)17/h3,6-7,10,12-13,18H,4-5,8-9H2,1-2H3. The molecule has 0 bridgehead atoms. The van der Waals surface area contributed by atoms with Gasteiger partial charge in [0.25, 0.3) is 0 Å². The van der Waals surface area contributed by atoms with Gasteiger partial charge in [0.05, 0.1) is 12.2 Å². The van der Waals surface area contributed by atoms with Crippen LogP contribution in [-0.4, -0.2) is 31.4 Å². The quantitative estimate of drug-likeness (QED) is 0.855. The minimum absolute atomic E-state index is 0.0485.